The Hall–Kier alpha value is -3.03. The van der Waals surface area contributed by atoms with E-state index in [2.05, 4.69) is 5.10 Å². The van der Waals surface area contributed by atoms with Crippen molar-refractivity contribution >= 4 is 23.6 Å². The molecule has 0 spiro atoms. The van der Waals surface area contributed by atoms with E-state index in [1.165, 1.54) is 19.0 Å². The maximum Gasteiger partial charge on any atom is 0.312 e. The number of ether oxygens (including phenoxy) is 1. The normalized spacial score (nSPS) is 16.4. The van der Waals surface area contributed by atoms with Crippen molar-refractivity contribution in [3.63, 3.8) is 0 Å². The van der Waals surface area contributed by atoms with Crippen LogP contribution in [-0.2, 0) is 21.1 Å². The first-order valence-electron chi connectivity index (χ1n) is 10.8. The lowest BCUT2D eigenvalue weighted by atomic mass is 9.96. The molecule has 2 heterocycles. The van der Waals surface area contributed by atoms with Gasteiger partial charge in [0.1, 0.15) is 12.1 Å². The number of rotatable bonds is 8. The minimum Gasteiger partial charge on any atom is -0.443 e. The molecule has 3 rings (SSSR count). The van der Waals surface area contributed by atoms with Crippen molar-refractivity contribution in [1.29, 1.82) is 0 Å². The predicted octanol–water partition coefficient (Wildman–Crippen LogP) is 3.48. The van der Waals surface area contributed by atoms with Gasteiger partial charge in [0, 0.05) is 41.7 Å². The molecule has 2 aromatic heterocycles. The molecule has 8 nitrogen and oxygen atoms in total. The van der Waals surface area contributed by atoms with Gasteiger partial charge in [-0.25, -0.2) is 0 Å². The summed E-state index contributed by atoms with van der Waals surface area (Å²) in [5.41, 5.74) is 14.0. The fourth-order valence-electron chi connectivity index (χ4n) is 4.13. The van der Waals surface area contributed by atoms with Crippen molar-refractivity contribution in [2.45, 2.75) is 65.6 Å². The van der Waals surface area contributed by atoms with E-state index < -0.39 is 5.41 Å². The SMILES string of the molecule is CC(C)(C)C(=O)OCn1ccc(/C(=C\N)c2cnn(C(CC=O)C3CCCC3)c2)c1N. The van der Waals surface area contributed by atoms with Gasteiger partial charge in [-0.15, -0.1) is 0 Å². The maximum absolute atomic E-state index is 12.1. The summed E-state index contributed by atoms with van der Waals surface area (Å²) in [5, 5.41) is 4.54. The number of carbonyl (C=O) groups is 2. The number of esters is 1. The van der Waals surface area contributed by atoms with Gasteiger partial charge in [-0.05, 0) is 45.6 Å². The van der Waals surface area contributed by atoms with Gasteiger partial charge in [0.2, 0.25) is 0 Å². The second-order valence-corrected chi connectivity index (χ2v) is 9.20. The Bertz CT molecular complexity index is 945. The number of aldehydes is 1. The Kier molecular flexibility index (Phi) is 6.87. The maximum atomic E-state index is 12.1. The van der Waals surface area contributed by atoms with Crippen LogP contribution in [0.2, 0.25) is 0 Å². The molecule has 0 aliphatic heterocycles. The van der Waals surface area contributed by atoms with Crippen LogP contribution in [0, 0.1) is 11.3 Å². The highest BCUT2D eigenvalue weighted by molar-refractivity contribution is 5.84. The molecule has 1 atom stereocenters. The summed E-state index contributed by atoms with van der Waals surface area (Å²) in [4.78, 5) is 23.3. The molecule has 168 valence electrons. The summed E-state index contributed by atoms with van der Waals surface area (Å²) in [6.45, 7) is 5.44. The van der Waals surface area contributed by atoms with Gasteiger partial charge in [0.25, 0.3) is 0 Å². The summed E-state index contributed by atoms with van der Waals surface area (Å²) in [5.74, 6) is 0.615. The van der Waals surface area contributed by atoms with Gasteiger partial charge in [0.05, 0.1) is 17.7 Å². The van der Waals surface area contributed by atoms with Crippen molar-refractivity contribution in [2.24, 2.45) is 17.1 Å². The lowest BCUT2D eigenvalue weighted by Crippen LogP contribution is -2.24. The zero-order chi connectivity index (χ0) is 22.6. The molecular formula is C23H33N5O3. The third kappa shape index (κ3) is 5.00. The van der Waals surface area contributed by atoms with Gasteiger partial charge in [0.15, 0.2) is 6.73 Å². The molecule has 8 heteroatoms. The fourth-order valence-corrected chi connectivity index (χ4v) is 4.13. The molecule has 2 aromatic rings. The van der Waals surface area contributed by atoms with E-state index in [1.807, 2.05) is 16.9 Å². The highest BCUT2D eigenvalue weighted by atomic mass is 16.5. The van der Waals surface area contributed by atoms with Crippen LogP contribution in [0.4, 0.5) is 5.82 Å². The molecule has 31 heavy (non-hydrogen) atoms. The van der Waals surface area contributed by atoms with Crippen molar-refractivity contribution in [1.82, 2.24) is 14.3 Å². The lowest BCUT2D eigenvalue weighted by Gasteiger charge is -2.21. The highest BCUT2D eigenvalue weighted by Crippen LogP contribution is 2.36. The average Bonchev–Trinajstić information content (AvgIpc) is 3.47. The van der Waals surface area contributed by atoms with Gasteiger partial charge in [-0.3, -0.25) is 9.48 Å². The van der Waals surface area contributed by atoms with Gasteiger partial charge >= 0.3 is 5.97 Å². The van der Waals surface area contributed by atoms with Crippen LogP contribution in [0.5, 0.6) is 0 Å². The van der Waals surface area contributed by atoms with E-state index in [9.17, 15) is 9.59 Å². The molecule has 0 amide bonds. The van der Waals surface area contributed by atoms with Crippen LogP contribution >= 0.6 is 0 Å². The third-order valence-electron chi connectivity index (χ3n) is 5.94. The molecule has 1 aliphatic carbocycles. The van der Waals surface area contributed by atoms with Crippen LogP contribution in [0.15, 0.2) is 30.9 Å². The number of carbonyl (C=O) groups excluding carboxylic acids is 2. The van der Waals surface area contributed by atoms with Crippen molar-refractivity contribution in [3.05, 3.63) is 42.0 Å². The van der Waals surface area contributed by atoms with Crippen molar-refractivity contribution in [3.8, 4) is 0 Å². The molecule has 1 saturated carbocycles. The number of anilines is 1. The Morgan fingerprint density at radius 2 is 2.06 bits per heavy atom. The summed E-state index contributed by atoms with van der Waals surface area (Å²) < 4.78 is 8.93. The van der Waals surface area contributed by atoms with E-state index >= 15 is 0 Å². The third-order valence-corrected chi connectivity index (χ3v) is 5.94. The number of aromatic nitrogens is 3. The number of nitrogens with zero attached hydrogens (tertiary/aromatic N) is 3. The Labute approximate surface area is 183 Å². The largest absolute Gasteiger partial charge is 0.443 e. The number of nitrogen functional groups attached to an aromatic ring is 1. The minimum absolute atomic E-state index is 0.0299. The van der Waals surface area contributed by atoms with Gasteiger partial charge in [-0.2, -0.15) is 5.10 Å². The Balaban J connectivity index is 1.79. The van der Waals surface area contributed by atoms with Gasteiger partial charge in [-0.1, -0.05) is 12.8 Å². The zero-order valence-electron chi connectivity index (χ0n) is 18.6. The number of nitrogens with two attached hydrogens (primary N) is 2. The first-order valence-corrected chi connectivity index (χ1v) is 10.8. The van der Waals surface area contributed by atoms with Crippen LogP contribution in [-0.4, -0.2) is 26.6 Å². The van der Waals surface area contributed by atoms with E-state index in [0.717, 1.165) is 35.8 Å². The summed E-state index contributed by atoms with van der Waals surface area (Å²) in [6, 6.07) is 1.91. The monoisotopic (exact) mass is 427 g/mol. The standard InChI is InChI=1S/C23H33N5O3/c1-23(2,3)22(30)31-15-27-10-8-18(21(27)25)19(12-24)17-13-26-28(14-17)20(9-11-29)16-6-4-5-7-16/h8,10-14,16,20H,4-7,9,15,24-25H2,1-3H3/b19-12-. The van der Waals surface area contributed by atoms with Gasteiger partial charge < -0.3 is 25.6 Å². The molecule has 1 unspecified atom stereocenters. The van der Waals surface area contributed by atoms with E-state index in [0.29, 0.717) is 18.2 Å². The molecule has 1 fully saturated rings. The fraction of sp³-hybridized carbons (Fsp3) is 0.522. The number of hydrogen-bond donors (Lipinski definition) is 2. The summed E-state index contributed by atoms with van der Waals surface area (Å²) in [6.07, 6.45) is 13.0. The molecule has 0 bridgehead atoms. The minimum atomic E-state index is -0.584. The highest BCUT2D eigenvalue weighted by Gasteiger charge is 2.27. The zero-order valence-corrected chi connectivity index (χ0v) is 18.6. The first-order chi connectivity index (χ1) is 14.8. The van der Waals surface area contributed by atoms with Crippen LogP contribution in [0.25, 0.3) is 5.57 Å². The summed E-state index contributed by atoms with van der Waals surface area (Å²) in [7, 11) is 0. The van der Waals surface area contributed by atoms with Crippen LogP contribution in [0.3, 0.4) is 0 Å². The van der Waals surface area contributed by atoms with Crippen LogP contribution < -0.4 is 11.5 Å². The predicted molar refractivity (Wildman–Crippen MR) is 120 cm³/mol. The molecule has 1 aliphatic rings. The topological polar surface area (TPSA) is 118 Å². The quantitative estimate of drug-likeness (QED) is 0.492. The summed E-state index contributed by atoms with van der Waals surface area (Å²) >= 11 is 0. The first kappa shape index (κ1) is 22.7. The van der Waals surface area contributed by atoms with E-state index in [-0.39, 0.29) is 18.7 Å². The molecular weight excluding hydrogens is 394 g/mol. The molecule has 4 N–H and O–H groups in total. The Morgan fingerprint density at radius 1 is 1.35 bits per heavy atom. The molecule has 0 saturated heterocycles. The number of hydrogen-bond acceptors (Lipinski definition) is 6. The van der Waals surface area contributed by atoms with Crippen molar-refractivity contribution in [2.75, 3.05) is 5.73 Å². The van der Waals surface area contributed by atoms with Crippen LogP contribution in [0.1, 0.15) is 70.0 Å². The Morgan fingerprint density at radius 3 is 2.68 bits per heavy atom. The lowest BCUT2D eigenvalue weighted by molar-refractivity contribution is -0.156. The smallest absolute Gasteiger partial charge is 0.312 e. The molecule has 0 radical (unpaired) electrons. The average molecular weight is 428 g/mol. The van der Waals surface area contributed by atoms with E-state index in [1.54, 1.807) is 37.7 Å². The second-order valence-electron chi connectivity index (χ2n) is 9.20. The van der Waals surface area contributed by atoms with Crippen molar-refractivity contribution < 1.29 is 14.3 Å². The molecule has 0 aromatic carbocycles. The second kappa shape index (κ2) is 9.41. The van der Waals surface area contributed by atoms with E-state index in [4.69, 9.17) is 16.2 Å².